The lowest BCUT2D eigenvalue weighted by Crippen LogP contribution is -2.18. The Morgan fingerprint density at radius 3 is 2.56 bits per heavy atom. The Morgan fingerprint density at radius 1 is 1.44 bits per heavy atom. The van der Waals surface area contributed by atoms with Gasteiger partial charge >= 0.3 is 6.18 Å². The summed E-state index contributed by atoms with van der Waals surface area (Å²) in [5.41, 5.74) is 6.29. The molecular weight excluding hydrogens is 249 g/mol. The van der Waals surface area contributed by atoms with Gasteiger partial charge in [-0.15, -0.1) is 0 Å². The van der Waals surface area contributed by atoms with E-state index in [2.05, 4.69) is 4.98 Å². The van der Waals surface area contributed by atoms with Gasteiger partial charge < -0.3 is 15.9 Å². The summed E-state index contributed by atoms with van der Waals surface area (Å²) in [6, 6.07) is -0.990. The lowest BCUT2D eigenvalue weighted by molar-refractivity contribution is -0.136. The van der Waals surface area contributed by atoms with Crippen LogP contribution >= 0.6 is 0 Å². The fourth-order valence-corrected chi connectivity index (χ4v) is 1.66. The van der Waals surface area contributed by atoms with Crippen molar-refractivity contribution in [3.8, 4) is 5.75 Å². The molecule has 0 saturated carbocycles. The second-order valence-corrected chi connectivity index (χ2v) is 4.05. The van der Waals surface area contributed by atoms with Gasteiger partial charge in [0.15, 0.2) is 0 Å². The van der Waals surface area contributed by atoms with Crippen molar-refractivity contribution < 1.29 is 23.4 Å². The number of hydrogen-bond acceptors (Lipinski definition) is 4. The van der Waals surface area contributed by atoms with Crippen LogP contribution in [0.2, 0.25) is 0 Å². The Morgan fingerprint density at radius 2 is 2.06 bits per heavy atom. The minimum Gasteiger partial charge on any atom is -0.506 e. The minimum atomic E-state index is -4.30. The van der Waals surface area contributed by atoms with E-state index in [0.29, 0.717) is 0 Å². The van der Waals surface area contributed by atoms with Crippen LogP contribution < -0.4 is 5.73 Å². The lowest BCUT2D eigenvalue weighted by atomic mass is 9.97. The third-order valence-electron chi connectivity index (χ3n) is 2.64. The van der Waals surface area contributed by atoms with Gasteiger partial charge in [-0.2, -0.15) is 13.2 Å². The first-order valence-electron chi connectivity index (χ1n) is 5.36. The summed E-state index contributed by atoms with van der Waals surface area (Å²) in [4.78, 5) is 3.81. The Balaban J connectivity index is 2.97. The molecule has 0 aliphatic rings. The number of nitrogens with two attached hydrogens (primary N) is 1. The fourth-order valence-electron chi connectivity index (χ4n) is 1.66. The molecule has 1 aromatic rings. The largest absolute Gasteiger partial charge is 0.506 e. The van der Waals surface area contributed by atoms with Crippen LogP contribution in [-0.4, -0.2) is 21.4 Å². The van der Waals surface area contributed by atoms with E-state index in [1.165, 1.54) is 13.1 Å². The van der Waals surface area contributed by atoms with Gasteiger partial charge in [-0.25, -0.2) is 0 Å². The van der Waals surface area contributed by atoms with Crippen molar-refractivity contribution >= 4 is 0 Å². The van der Waals surface area contributed by atoms with Crippen LogP contribution in [0.1, 0.15) is 35.7 Å². The van der Waals surface area contributed by atoms with E-state index in [9.17, 15) is 18.3 Å². The second kappa shape index (κ2) is 5.53. The summed E-state index contributed by atoms with van der Waals surface area (Å²) in [6.45, 7) is 1.08. The SMILES string of the molecule is Cc1ncc(CO)c([C@H](N)CCC(F)(F)F)c1O. The Bertz CT molecular complexity index is 421. The van der Waals surface area contributed by atoms with Crippen LogP contribution in [0.4, 0.5) is 13.2 Å². The van der Waals surface area contributed by atoms with E-state index in [-0.39, 0.29) is 29.0 Å². The molecule has 102 valence electrons. The van der Waals surface area contributed by atoms with Gasteiger partial charge in [0, 0.05) is 29.8 Å². The Kier molecular flexibility index (Phi) is 4.53. The molecule has 0 radical (unpaired) electrons. The van der Waals surface area contributed by atoms with Crippen molar-refractivity contribution in [3.05, 3.63) is 23.0 Å². The van der Waals surface area contributed by atoms with E-state index in [1.807, 2.05) is 0 Å². The van der Waals surface area contributed by atoms with Gasteiger partial charge in [0.2, 0.25) is 0 Å². The zero-order chi connectivity index (χ0) is 13.9. The summed E-state index contributed by atoms with van der Waals surface area (Å²) in [5, 5.41) is 18.9. The number of aliphatic hydroxyl groups excluding tert-OH is 1. The number of aliphatic hydroxyl groups is 1. The molecule has 0 aliphatic heterocycles. The zero-order valence-electron chi connectivity index (χ0n) is 9.83. The highest BCUT2D eigenvalue weighted by atomic mass is 19.4. The third-order valence-corrected chi connectivity index (χ3v) is 2.64. The van der Waals surface area contributed by atoms with Crippen molar-refractivity contribution in [2.75, 3.05) is 0 Å². The van der Waals surface area contributed by atoms with Crippen molar-refractivity contribution in [2.24, 2.45) is 5.73 Å². The molecule has 4 N–H and O–H groups in total. The molecular formula is C11H15F3N2O2. The number of aromatic nitrogens is 1. The average Bonchev–Trinajstić information content (AvgIpc) is 2.28. The van der Waals surface area contributed by atoms with Crippen LogP contribution in [0.25, 0.3) is 0 Å². The minimum absolute atomic E-state index is 0.134. The number of halogens is 3. The van der Waals surface area contributed by atoms with Crippen LogP contribution in [0, 0.1) is 6.92 Å². The van der Waals surface area contributed by atoms with Crippen molar-refractivity contribution in [2.45, 2.75) is 38.6 Å². The van der Waals surface area contributed by atoms with E-state index in [1.54, 1.807) is 0 Å². The second-order valence-electron chi connectivity index (χ2n) is 4.05. The number of aryl methyl sites for hydroxylation is 1. The molecule has 0 fully saturated rings. The molecule has 1 heterocycles. The summed E-state index contributed by atoms with van der Waals surface area (Å²) < 4.78 is 36.3. The van der Waals surface area contributed by atoms with E-state index >= 15 is 0 Å². The molecule has 18 heavy (non-hydrogen) atoms. The van der Waals surface area contributed by atoms with E-state index in [4.69, 9.17) is 10.8 Å². The summed E-state index contributed by atoms with van der Waals surface area (Å²) in [7, 11) is 0. The first kappa shape index (κ1) is 14.7. The lowest BCUT2D eigenvalue weighted by Gasteiger charge is -2.18. The fraction of sp³-hybridized carbons (Fsp3) is 0.545. The summed E-state index contributed by atoms with van der Waals surface area (Å²) in [5.74, 6) is -0.253. The molecule has 0 aliphatic carbocycles. The molecule has 0 amide bonds. The molecule has 1 atom stereocenters. The highest BCUT2D eigenvalue weighted by Gasteiger charge is 2.29. The van der Waals surface area contributed by atoms with Crippen LogP contribution in [-0.2, 0) is 6.61 Å². The van der Waals surface area contributed by atoms with Crippen LogP contribution in [0.5, 0.6) is 5.75 Å². The standard InChI is InChI=1S/C11H15F3N2O2/c1-6-10(18)9(7(5-17)4-16-6)8(15)2-3-11(12,13)14/h4,8,17-18H,2-3,5,15H2,1H3/t8-/m1/s1. The van der Waals surface area contributed by atoms with E-state index in [0.717, 1.165) is 0 Å². The number of rotatable bonds is 4. The van der Waals surface area contributed by atoms with Crippen molar-refractivity contribution in [3.63, 3.8) is 0 Å². The molecule has 0 aromatic carbocycles. The number of aromatic hydroxyl groups is 1. The molecule has 0 bridgehead atoms. The first-order chi connectivity index (χ1) is 8.26. The number of hydrogen-bond donors (Lipinski definition) is 3. The molecule has 7 heteroatoms. The van der Waals surface area contributed by atoms with Gasteiger partial charge in [-0.1, -0.05) is 0 Å². The summed E-state index contributed by atoms with van der Waals surface area (Å²) in [6.07, 6.45) is -4.39. The quantitative estimate of drug-likeness (QED) is 0.776. The normalized spacial score (nSPS) is 13.7. The zero-order valence-corrected chi connectivity index (χ0v) is 9.83. The molecule has 1 rings (SSSR count). The topological polar surface area (TPSA) is 79.4 Å². The Labute approximate surface area is 102 Å². The highest BCUT2D eigenvalue weighted by molar-refractivity contribution is 5.42. The number of alkyl halides is 3. The van der Waals surface area contributed by atoms with Crippen molar-refractivity contribution in [1.29, 1.82) is 0 Å². The molecule has 0 unspecified atom stereocenters. The van der Waals surface area contributed by atoms with Crippen molar-refractivity contribution in [1.82, 2.24) is 4.98 Å². The smallest absolute Gasteiger partial charge is 0.389 e. The maximum absolute atomic E-state index is 12.1. The summed E-state index contributed by atoms with van der Waals surface area (Å²) >= 11 is 0. The third kappa shape index (κ3) is 3.58. The monoisotopic (exact) mass is 264 g/mol. The van der Waals surface area contributed by atoms with Gasteiger partial charge in [-0.05, 0) is 13.3 Å². The van der Waals surface area contributed by atoms with Gasteiger partial charge in [0.25, 0.3) is 0 Å². The van der Waals surface area contributed by atoms with Gasteiger partial charge in [0.1, 0.15) is 5.75 Å². The number of pyridine rings is 1. The molecule has 0 spiro atoms. The Hall–Kier alpha value is -1.34. The molecule has 0 saturated heterocycles. The van der Waals surface area contributed by atoms with Gasteiger partial charge in [-0.3, -0.25) is 4.98 Å². The maximum Gasteiger partial charge on any atom is 0.389 e. The molecule has 4 nitrogen and oxygen atoms in total. The van der Waals surface area contributed by atoms with Crippen LogP contribution in [0.3, 0.4) is 0 Å². The molecule has 1 aromatic heterocycles. The average molecular weight is 264 g/mol. The van der Waals surface area contributed by atoms with E-state index < -0.39 is 25.2 Å². The first-order valence-corrected chi connectivity index (χ1v) is 5.36. The van der Waals surface area contributed by atoms with Gasteiger partial charge in [0.05, 0.1) is 12.3 Å². The predicted octanol–water partition coefficient (Wildman–Crippen LogP) is 1.93. The highest BCUT2D eigenvalue weighted by Crippen LogP contribution is 2.33. The number of nitrogens with zero attached hydrogens (tertiary/aromatic N) is 1. The predicted molar refractivity (Wildman–Crippen MR) is 58.8 cm³/mol. The maximum atomic E-state index is 12.1. The van der Waals surface area contributed by atoms with Crippen LogP contribution in [0.15, 0.2) is 6.20 Å².